The monoisotopic (exact) mass is 390 g/mol. The van der Waals surface area contributed by atoms with Gasteiger partial charge in [-0.05, 0) is 23.8 Å². The normalized spacial score (nSPS) is 22.8. The van der Waals surface area contributed by atoms with Crippen LogP contribution in [0.1, 0.15) is 38.7 Å². The molecule has 26 heavy (non-hydrogen) atoms. The molecule has 0 saturated heterocycles. The van der Waals surface area contributed by atoms with Gasteiger partial charge in [0.15, 0.2) is 4.34 Å². The first-order valence-corrected chi connectivity index (χ1v) is 11.0. The molecule has 1 aliphatic rings. The molecule has 0 unspecified atom stereocenters. The second-order valence-electron chi connectivity index (χ2n) is 6.94. The molecular formula is C19H26N4OS2. The predicted molar refractivity (Wildman–Crippen MR) is 109 cm³/mol. The maximum absolute atomic E-state index is 12.3. The van der Waals surface area contributed by atoms with E-state index in [-0.39, 0.29) is 5.91 Å². The molecule has 3 rings (SSSR count). The van der Waals surface area contributed by atoms with Crippen LogP contribution in [0, 0.1) is 11.8 Å². The molecule has 0 bridgehead atoms. The topological polar surface area (TPSA) is 66.9 Å². The van der Waals surface area contributed by atoms with Crippen LogP contribution in [-0.2, 0) is 11.3 Å². The summed E-state index contributed by atoms with van der Waals surface area (Å²) in [6.07, 6.45) is 3.57. The van der Waals surface area contributed by atoms with Crippen LogP contribution in [0.25, 0.3) is 0 Å². The van der Waals surface area contributed by atoms with Crippen molar-refractivity contribution in [1.82, 2.24) is 15.5 Å². The standard InChI is InChI=1S/C19H26N4OS2/c1-13-7-6-10-16(14(13)2)21-17(24)12-25-19-23-22-18(26-19)20-11-15-8-4-3-5-9-15/h3-5,8-9,13-14,16H,6-7,10-12H2,1-2H3,(H,20,22)(H,21,24)/t13-,14-,16+/m1/s1. The van der Waals surface area contributed by atoms with Gasteiger partial charge in [0.05, 0.1) is 5.75 Å². The van der Waals surface area contributed by atoms with E-state index in [0.29, 0.717) is 23.6 Å². The van der Waals surface area contributed by atoms with Gasteiger partial charge < -0.3 is 10.6 Å². The third-order valence-electron chi connectivity index (χ3n) is 5.07. The molecule has 140 valence electrons. The quantitative estimate of drug-likeness (QED) is 0.694. The van der Waals surface area contributed by atoms with Crippen molar-refractivity contribution in [3.63, 3.8) is 0 Å². The third-order valence-corrected chi connectivity index (χ3v) is 7.09. The zero-order valence-electron chi connectivity index (χ0n) is 15.3. The van der Waals surface area contributed by atoms with Crippen LogP contribution in [0.4, 0.5) is 5.13 Å². The number of hydrogen-bond donors (Lipinski definition) is 2. The van der Waals surface area contributed by atoms with E-state index in [1.54, 1.807) is 0 Å². The Bertz CT molecular complexity index is 707. The highest BCUT2D eigenvalue weighted by Crippen LogP contribution is 2.30. The Balaban J connectivity index is 1.42. The number of thioether (sulfide) groups is 1. The molecule has 2 N–H and O–H groups in total. The molecule has 5 nitrogen and oxygen atoms in total. The van der Waals surface area contributed by atoms with Gasteiger partial charge in [0.25, 0.3) is 0 Å². The lowest BCUT2D eigenvalue weighted by Crippen LogP contribution is -2.44. The van der Waals surface area contributed by atoms with E-state index < -0.39 is 0 Å². The van der Waals surface area contributed by atoms with Gasteiger partial charge in [-0.15, -0.1) is 10.2 Å². The summed E-state index contributed by atoms with van der Waals surface area (Å²) in [5.74, 6) is 1.72. The summed E-state index contributed by atoms with van der Waals surface area (Å²) >= 11 is 2.95. The van der Waals surface area contributed by atoms with Crippen LogP contribution < -0.4 is 10.6 Å². The van der Waals surface area contributed by atoms with Crippen molar-refractivity contribution < 1.29 is 4.79 Å². The Morgan fingerprint density at radius 2 is 2.04 bits per heavy atom. The highest BCUT2D eigenvalue weighted by Gasteiger charge is 2.28. The molecule has 0 radical (unpaired) electrons. The Labute approximate surface area is 163 Å². The maximum atomic E-state index is 12.3. The number of benzene rings is 1. The van der Waals surface area contributed by atoms with Crippen molar-refractivity contribution in [3.05, 3.63) is 35.9 Å². The third kappa shape index (κ3) is 5.45. The summed E-state index contributed by atoms with van der Waals surface area (Å²) in [6.45, 7) is 5.25. The summed E-state index contributed by atoms with van der Waals surface area (Å²) in [7, 11) is 0. The number of nitrogens with one attached hydrogen (secondary N) is 2. The molecule has 1 amide bonds. The first kappa shape index (κ1) is 19.2. The Hall–Kier alpha value is -1.60. The average Bonchev–Trinajstić information content (AvgIpc) is 3.11. The number of anilines is 1. The van der Waals surface area contributed by atoms with Crippen molar-refractivity contribution >= 4 is 34.1 Å². The minimum atomic E-state index is 0.0925. The largest absolute Gasteiger partial charge is 0.356 e. The van der Waals surface area contributed by atoms with E-state index in [9.17, 15) is 4.79 Å². The molecule has 1 heterocycles. The molecular weight excluding hydrogens is 364 g/mol. The lowest BCUT2D eigenvalue weighted by Gasteiger charge is -2.34. The lowest BCUT2D eigenvalue weighted by molar-refractivity contribution is -0.119. The van der Waals surface area contributed by atoms with Gasteiger partial charge in [0, 0.05) is 12.6 Å². The van der Waals surface area contributed by atoms with Crippen LogP contribution in [0.15, 0.2) is 34.7 Å². The fourth-order valence-corrected chi connectivity index (χ4v) is 4.83. The molecule has 1 aliphatic carbocycles. The fraction of sp³-hybridized carbons (Fsp3) is 0.526. The zero-order chi connectivity index (χ0) is 18.4. The van der Waals surface area contributed by atoms with E-state index in [1.807, 2.05) is 18.2 Å². The Morgan fingerprint density at radius 3 is 2.85 bits per heavy atom. The number of nitrogens with zero attached hydrogens (tertiary/aromatic N) is 2. The number of rotatable bonds is 7. The SMILES string of the molecule is C[C@@H]1[C@H](C)CCC[C@@H]1NC(=O)CSc1nnc(NCc2ccccc2)s1. The second-order valence-corrected chi connectivity index (χ2v) is 9.14. The molecule has 3 atom stereocenters. The van der Waals surface area contributed by atoms with Gasteiger partial charge in [-0.1, -0.05) is 80.1 Å². The number of carbonyl (C=O) groups excluding carboxylic acids is 1. The lowest BCUT2D eigenvalue weighted by atomic mass is 9.78. The van der Waals surface area contributed by atoms with Gasteiger partial charge in [-0.2, -0.15) is 0 Å². The molecule has 1 aromatic heterocycles. The van der Waals surface area contributed by atoms with Crippen LogP contribution in [0.5, 0.6) is 0 Å². The van der Waals surface area contributed by atoms with Crippen molar-refractivity contribution in [2.24, 2.45) is 11.8 Å². The average molecular weight is 391 g/mol. The van der Waals surface area contributed by atoms with Crippen LogP contribution in [-0.4, -0.2) is 27.9 Å². The van der Waals surface area contributed by atoms with Crippen LogP contribution in [0.2, 0.25) is 0 Å². The van der Waals surface area contributed by atoms with Crippen molar-refractivity contribution in [3.8, 4) is 0 Å². The molecule has 1 saturated carbocycles. The van der Waals surface area contributed by atoms with E-state index >= 15 is 0 Å². The first-order chi connectivity index (χ1) is 12.6. The van der Waals surface area contributed by atoms with E-state index in [1.165, 1.54) is 41.5 Å². The van der Waals surface area contributed by atoms with Crippen molar-refractivity contribution in [2.75, 3.05) is 11.1 Å². The van der Waals surface area contributed by atoms with Gasteiger partial charge >= 0.3 is 0 Å². The highest BCUT2D eigenvalue weighted by atomic mass is 32.2. The summed E-state index contributed by atoms with van der Waals surface area (Å²) in [5, 5.41) is 15.6. The smallest absolute Gasteiger partial charge is 0.230 e. The molecule has 0 aliphatic heterocycles. The number of amides is 1. The minimum absolute atomic E-state index is 0.0925. The second kappa shape index (κ2) is 9.37. The van der Waals surface area contributed by atoms with Gasteiger partial charge in [-0.3, -0.25) is 4.79 Å². The number of aromatic nitrogens is 2. The maximum Gasteiger partial charge on any atom is 0.230 e. The number of hydrogen-bond acceptors (Lipinski definition) is 6. The number of carbonyl (C=O) groups is 1. The van der Waals surface area contributed by atoms with Crippen molar-refractivity contribution in [1.29, 1.82) is 0 Å². The van der Waals surface area contributed by atoms with Crippen LogP contribution >= 0.6 is 23.1 Å². The minimum Gasteiger partial charge on any atom is -0.356 e. The van der Waals surface area contributed by atoms with E-state index in [4.69, 9.17) is 0 Å². The van der Waals surface area contributed by atoms with Gasteiger partial charge in [-0.25, -0.2) is 0 Å². The van der Waals surface area contributed by atoms with E-state index in [2.05, 4.69) is 46.8 Å². The molecule has 0 spiro atoms. The first-order valence-electron chi connectivity index (χ1n) is 9.15. The fourth-order valence-electron chi connectivity index (χ4n) is 3.27. The van der Waals surface area contributed by atoms with Crippen molar-refractivity contribution in [2.45, 2.75) is 50.0 Å². The molecule has 2 aromatic rings. The zero-order valence-corrected chi connectivity index (χ0v) is 16.9. The van der Waals surface area contributed by atoms with Gasteiger partial charge in [0.2, 0.25) is 11.0 Å². The molecule has 1 fully saturated rings. The Kier molecular flexibility index (Phi) is 6.91. The molecule has 7 heteroatoms. The predicted octanol–water partition coefficient (Wildman–Crippen LogP) is 4.18. The van der Waals surface area contributed by atoms with E-state index in [0.717, 1.165) is 22.4 Å². The summed E-state index contributed by atoms with van der Waals surface area (Å²) in [6, 6.07) is 10.5. The summed E-state index contributed by atoms with van der Waals surface area (Å²) < 4.78 is 0.820. The Morgan fingerprint density at radius 1 is 1.23 bits per heavy atom. The summed E-state index contributed by atoms with van der Waals surface area (Å²) in [5.41, 5.74) is 1.20. The van der Waals surface area contributed by atoms with Crippen LogP contribution in [0.3, 0.4) is 0 Å². The molecule has 1 aromatic carbocycles. The highest BCUT2D eigenvalue weighted by molar-refractivity contribution is 8.01. The van der Waals surface area contributed by atoms with Gasteiger partial charge in [0.1, 0.15) is 0 Å². The summed E-state index contributed by atoms with van der Waals surface area (Å²) in [4.78, 5) is 12.3.